The smallest absolute Gasteiger partial charge is 0.180 e. The van der Waals surface area contributed by atoms with Crippen molar-refractivity contribution in [2.45, 2.75) is 33.1 Å². The number of nitrogens with two attached hydrogens (primary N) is 1. The highest BCUT2D eigenvalue weighted by molar-refractivity contribution is 9.10. The molecular weight excluding hydrogens is 306 g/mol. The predicted molar refractivity (Wildman–Crippen MR) is 78.6 cm³/mol. The van der Waals surface area contributed by atoms with Gasteiger partial charge in [-0.1, -0.05) is 20.8 Å². The Morgan fingerprint density at radius 2 is 1.84 bits per heavy atom. The van der Waals surface area contributed by atoms with Gasteiger partial charge in [-0.15, -0.1) is 0 Å². The van der Waals surface area contributed by atoms with Gasteiger partial charge in [-0.2, -0.15) is 0 Å². The zero-order chi connectivity index (χ0) is 14.2. The summed E-state index contributed by atoms with van der Waals surface area (Å²) in [5, 5.41) is 0. The molecule has 0 saturated carbocycles. The zero-order valence-corrected chi connectivity index (χ0v) is 13.0. The van der Waals surface area contributed by atoms with Crippen LogP contribution in [0.3, 0.4) is 0 Å². The van der Waals surface area contributed by atoms with Crippen LogP contribution in [0.15, 0.2) is 16.7 Å². The quantitative estimate of drug-likeness (QED) is 0.873. The largest absolute Gasteiger partial charge is 0.383 e. The van der Waals surface area contributed by atoms with E-state index in [0.29, 0.717) is 23.2 Å². The number of anilines is 1. The van der Waals surface area contributed by atoms with Crippen LogP contribution < -0.4 is 5.73 Å². The molecule has 0 spiro atoms. The molecule has 0 bridgehead atoms. The molecule has 0 aliphatic heterocycles. The topological polar surface area (TPSA) is 77.6 Å². The van der Waals surface area contributed by atoms with Crippen LogP contribution in [-0.4, -0.2) is 19.9 Å². The summed E-state index contributed by atoms with van der Waals surface area (Å²) in [6.07, 6.45) is 1.69. The van der Waals surface area contributed by atoms with Crippen LogP contribution >= 0.6 is 15.9 Å². The molecule has 2 aromatic rings. The predicted octanol–water partition coefficient (Wildman–Crippen LogP) is 2.88. The second-order valence-corrected chi connectivity index (χ2v) is 6.13. The van der Waals surface area contributed by atoms with Gasteiger partial charge in [0, 0.05) is 11.6 Å². The summed E-state index contributed by atoms with van der Waals surface area (Å²) in [5.74, 6) is 1.63. The third-order valence-corrected chi connectivity index (χ3v) is 3.37. The average molecular weight is 322 g/mol. The van der Waals surface area contributed by atoms with Gasteiger partial charge in [0.2, 0.25) is 0 Å². The van der Waals surface area contributed by atoms with Crippen LogP contribution in [0.5, 0.6) is 0 Å². The second kappa shape index (κ2) is 4.85. The summed E-state index contributed by atoms with van der Waals surface area (Å²) in [6.45, 7) is 8.06. The first-order valence-electron chi connectivity index (χ1n) is 5.92. The Labute approximate surface area is 120 Å². The molecule has 0 amide bonds. The fourth-order valence-corrected chi connectivity index (χ4v) is 2.43. The maximum absolute atomic E-state index is 5.95. The fourth-order valence-electron chi connectivity index (χ4n) is 1.66. The molecule has 0 radical (unpaired) electrons. The van der Waals surface area contributed by atoms with Crippen LogP contribution in [0.4, 0.5) is 5.82 Å². The van der Waals surface area contributed by atoms with Crippen molar-refractivity contribution in [3.8, 4) is 11.5 Å². The number of rotatable bonds is 1. The van der Waals surface area contributed by atoms with Crippen LogP contribution in [-0.2, 0) is 5.41 Å². The Morgan fingerprint density at radius 1 is 1.16 bits per heavy atom. The van der Waals surface area contributed by atoms with Crippen LogP contribution in [0.25, 0.3) is 11.5 Å². The highest BCUT2D eigenvalue weighted by atomic mass is 79.9. The summed E-state index contributed by atoms with van der Waals surface area (Å²) >= 11 is 3.45. The van der Waals surface area contributed by atoms with E-state index < -0.39 is 0 Å². The highest BCUT2D eigenvalue weighted by Crippen LogP contribution is 2.32. The molecule has 2 rings (SSSR count). The van der Waals surface area contributed by atoms with Crippen molar-refractivity contribution < 1.29 is 0 Å². The average Bonchev–Trinajstić information content (AvgIpc) is 2.31. The molecule has 0 atom stereocenters. The van der Waals surface area contributed by atoms with Crippen LogP contribution in [0.1, 0.15) is 32.3 Å². The van der Waals surface area contributed by atoms with Crippen molar-refractivity contribution in [3.63, 3.8) is 0 Å². The third kappa shape index (κ3) is 2.89. The van der Waals surface area contributed by atoms with E-state index in [2.05, 4.69) is 56.6 Å². The third-order valence-electron chi connectivity index (χ3n) is 2.59. The molecule has 0 aliphatic carbocycles. The maximum Gasteiger partial charge on any atom is 0.180 e. The molecule has 0 fully saturated rings. The lowest BCUT2D eigenvalue weighted by molar-refractivity contribution is 0.564. The minimum absolute atomic E-state index is 0.132. The van der Waals surface area contributed by atoms with E-state index in [1.807, 2.05) is 6.92 Å². The van der Waals surface area contributed by atoms with Gasteiger partial charge in [-0.25, -0.2) is 19.9 Å². The van der Waals surface area contributed by atoms with Gasteiger partial charge < -0.3 is 5.73 Å². The molecule has 2 N–H and O–H groups in total. The number of aryl methyl sites for hydroxylation is 1. The summed E-state index contributed by atoms with van der Waals surface area (Å²) in [6, 6.07) is 1.78. The van der Waals surface area contributed by atoms with E-state index in [9.17, 15) is 0 Å². The number of nitrogen functional groups attached to an aromatic ring is 1. The van der Waals surface area contributed by atoms with Crippen molar-refractivity contribution in [1.29, 1.82) is 0 Å². The van der Waals surface area contributed by atoms with Crippen LogP contribution in [0.2, 0.25) is 0 Å². The Morgan fingerprint density at radius 3 is 2.42 bits per heavy atom. The summed E-state index contributed by atoms with van der Waals surface area (Å²) in [7, 11) is 0. The summed E-state index contributed by atoms with van der Waals surface area (Å²) in [5.41, 5.74) is 7.36. The minimum Gasteiger partial charge on any atom is -0.383 e. The Kier molecular flexibility index (Phi) is 3.54. The van der Waals surface area contributed by atoms with Gasteiger partial charge in [0.25, 0.3) is 0 Å². The van der Waals surface area contributed by atoms with E-state index in [-0.39, 0.29) is 5.41 Å². The second-order valence-electron chi connectivity index (χ2n) is 5.33. The van der Waals surface area contributed by atoms with Gasteiger partial charge in [0.05, 0.1) is 10.2 Å². The summed E-state index contributed by atoms with van der Waals surface area (Å²) < 4.78 is 0.745. The summed E-state index contributed by atoms with van der Waals surface area (Å²) in [4.78, 5) is 17.3. The number of halogens is 1. The molecule has 0 aromatic carbocycles. The van der Waals surface area contributed by atoms with Gasteiger partial charge in [0.15, 0.2) is 5.82 Å². The SMILES string of the molecule is Cc1nccc(-c2nc(N)c(Br)c(C(C)(C)C)n2)n1. The van der Waals surface area contributed by atoms with Gasteiger partial charge in [0.1, 0.15) is 17.3 Å². The first-order chi connectivity index (χ1) is 8.79. The molecule has 19 heavy (non-hydrogen) atoms. The molecule has 6 heteroatoms. The first kappa shape index (κ1) is 13.9. The lowest BCUT2D eigenvalue weighted by atomic mass is 9.92. The normalized spacial score (nSPS) is 11.6. The van der Waals surface area contributed by atoms with Crippen molar-refractivity contribution in [1.82, 2.24) is 19.9 Å². The van der Waals surface area contributed by atoms with Crippen molar-refractivity contribution in [2.75, 3.05) is 5.73 Å². The van der Waals surface area contributed by atoms with Gasteiger partial charge in [-0.05, 0) is 28.9 Å². The van der Waals surface area contributed by atoms with Crippen LogP contribution in [0, 0.1) is 6.92 Å². The number of aromatic nitrogens is 4. The standard InChI is InChI=1S/C13H16BrN5/c1-7-16-6-5-8(17-7)12-18-10(13(2,3)4)9(14)11(15)19-12/h5-6H,1-4H3,(H2,15,18,19). The molecule has 2 aromatic heterocycles. The van der Waals surface area contributed by atoms with Crippen molar-refractivity contribution in [2.24, 2.45) is 0 Å². The molecule has 5 nitrogen and oxygen atoms in total. The Bertz CT molecular complexity index is 619. The molecule has 0 unspecified atom stereocenters. The molecule has 100 valence electrons. The van der Waals surface area contributed by atoms with Crippen molar-refractivity contribution in [3.05, 3.63) is 28.3 Å². The monoisotopic (exact) mass is 321 g/mol. The van der Waals surface area contributed by atoms with Gasteiger partial charge >= 0.3 is 0 Å². The zero-order valence-electron chi connectivity index (χ0n) is 11.4. The fraction of sp³-hybridized carbons (Fsp3) is 0.385. The highest BCUT2D eigenvalue weighted by Gasteiger charge is 2.23. The minimum atomic E-state index is -0.132. The number of hydrogen-bond acceptors (Lipinski definition) is 5. The van der Waals surface area contributed by atoms with E-state index in [1.165, 1.54) is 0 Å². The molecule has 0 saturated heterocycles. The first-order valence-corrected chi connectivity index (χ1v) is 6.72. The Hall–Kier alpha value is -1.56. The number of hydrogen-bond donors (Lipinski definition) is 1. The molecule has 2 heterocycles. The van der Waals surface area contributed by atoms with E-state index >= 15 is 0 Å². The van der Waals surface area contributed by atoms with Crippen molar-refractivity contribution >= 4 is 21.7 Å². The Balaban J connectivity index is 2.63. The maximum atomic E-state index is 5.95. The van der Waals surface area contributed by atoms with E-state index in [0.717, 1.165) is 10.2 Å². The lowest BCUT2D eigenvalue weighted by Gasteiger charge is -2.20. The van der Waals surface area contributed by atoms with E-state index in [1.54, 1.807) is 12.3 Å². The number of nitrogens with zero attached hydrogens (tertiary/aromatic N) is 4. The molecular formula is C13H16BrN5. The molecule has 0 aliphatic rings. The van der Waals surface area contributed by atoms with Gasteiger partial charge in [-0.3, -0.25) is 0 Å². The van der Waals surface area contributed by atoms with E-state index in [4.69, 9.17) is 5.73 Å². The lowest BCUT2D eigenvalue weighted by Crippen LogP contribution is -2.17.